The molecule has 1 aliphatic rings. The highest BCUT2D eigenvalue weighted by Gasteiger charge is 2.17. The number of para-hydroxylation sites is 1. The van der Waals surface area contributed by atoms with Crippen LogP contribution in [0.2, 0.25) is 0 Å². The molecule has 3 heteroatoms. The Kier molecular flexibility index (Phi) is 17.5. The third kappa shape index (κ3) is 10.1. The number of nitrogens with one attached hydrogen (secondary N) is 1. The number of piperidine rings is 1. The van der Waals surface area contributed by atoms with Crippen LogP contribution in [0.4, 0.5) is 5.69 Å². The first-order chi connectivity index (χ1) is 10.3. The highest BCUT2D eigenvalue weighted by molar-refractivity contribution is 5.46. The van der Waals surface area contributed by atoms with E-state index in [1.54, 1.807) is 0 Å². The van der Waals surface area contributed by atoms with Crippen LogP contribution < -0.4 is 10.2 Å². The summed E-state index contributed by atoms with van der Waals surface area (Å²) in [6.07, 6.45) is 3.26. The molecule has 0 saturated carbocycles. The zero-order valence-corrected chi connectivity index (χ0v) is 14.7. The maximum absolute atomic E-state index is 8.81. The van der Waals surface area contributed by atoms with Crippen LogP contribution in [-0.4, -0.2) is 32.5 Å². The normalized spacial score (nSPS) is 13.2. The molecule has 0 bridgehead atoms. The lowest BCUT2D eigenvalue weighted by atomic mass is 10.0. The average molecular weight is 294 g/mol. The van der Waals surface area contributed by atoms with E-state index >= 15 is 0 Å². The molecule has 1 fully saturated rings. The molecule has 0 atom stereocenters. The van der Waals surface area contributed by atoms with Gasteiger partial charge in [-0.1, -0.05) is 45.9 Å². The molecule has 0 radical (unpaired) electrons. The molecule has 0 aliphatic carbocycles. The van der Waals surface area contributed by atoms with Gasteiger partial charge in [0.2, 0.25) is 0 Å². The molecule has 1 N–H and O–H groups in total. The van der Waals surface area contributed by atoms with E-state index < -0.39 is 0 Å². The fourth-order valence-electron chi connectivity index (χ4n) is 2.07. The zero-order valence-electron chi connectivity index (χ0n) is 14.7. The van der Waals surface area contributed by atoms with Crippen molar-refractivity contribution in [1.82, 2.24) is 5.32 Å². The van der Waals surface area contributed by atoms with E-state index in [0.29, 0.717) is 6.04 Å². The van der Waals surface area contributed by atoms with E-state index in [0.717, 1.165) is 19.4 Å². The van der Waals surface area contributed by atoms with Crippen LogP contribution in [0.15, 0.2) is 30.3 Å². The first kappa shape index (κ1) is 21.9. The van der Waals surface area contributed by atoms with Gasteiger partial charge >= 0.3 is 0 Å². The van der Waals surface area contributed by atoms with Crippen molar-refractivity contribution in [2.75, 3.05) is 25.0 Å². The molecule has 1 aromatic carbocycles. The van der Waals surface area contributed by atoms with Gasteiger partial charge in [0.05, 0.1) is 0 Å². The number of rotatable bonds is 2. The summed E-state index contributed by atoms with van der Waals surface area (Å²) in [6, 6.07) is 11.3. The lowest BCUT2D eigenvalue weighted by Gasteiger charge is -2.33. The molecule has 0 aromatic heterocycles. The molecular formula is C18H34N2O. The van der Waals surface area contributed by atoms with Gasteiger partial charge in [-0.2, -0.15) is 0 Å². The standard InChI is InChI=1S/C12H18N2.C2H4O.2C2H6/c1-14(11-5-3-2-4-6-11)12-7-9-13-10-8-12;1-2-3;2*1-2/h2-6,12-13H,7-10H2,1H3;2H,1H3;2*1-2H3. The van der Waals surface area contributed by atoms with Gasteiger partial charge in [-0.3, -0.25) is 0 Å². The number of benzene rings is 1. The van der Waals surface area contributed by atoms with Gasteiger partial charge in [-0.05, 0) is 45.0 Å². The summed E-state index contributed by atoms with van der Waals surface area (Å²) in [5.41, 5.74) is 1.33. The van der Waals surface area contributed by atoms with Crippen molar-refractivity contribution in [1.29, 1.82) is 0 Å². The van der Waals surface area contributed by atoms with E-state index in [1.807, 2.05) is 27.7 Å². The molecule has 0 amide bonds. The lowest BCUT2D eigenvalue weighted by Crippen LogP contribution is -2.41. The molecule has 122 valence electrons. The highest BCUT2D eigenvalue weighted by atomic mass is 16.1. The molecule has 3 nitrogen and oxygen atoms in total. The van der Waals surface area contributed by atoms with Crippen LogP contribution in [0, 0.1) is 0 Å². The second-order valence-corrected chi connectivity index (χ2v) is 4.16. The van der Waals surface area contributed by atoms with E-state index in [2.05, 4.69) is 47.6 Å². The Morgan fingerprint density at radius 2 is 1.48 bits per heavy atom. The van der Waals surface area contributed by atoms with Crippen molar-refractivity contribution >= 4 is 12.0 Å². The molecule has 0 unspecified atom stereocenters. The van der Waals surface area contributed by atoms with Crippen LogP contribution in [0.3, 0.4) is 0 Å². The average Bonchev–Trinajstić information content (AvgIpc) is 2.60. The lowest BCUT2D eigenvalue weighted by molar-refractivity contribution is -0.106. The summed E-state index contributed by atoms with van der Waals surface area (Å²) in [5.74, 6) is 0. The van der Waals surface area contributed by atoms with Gasteiger partial charge < -0.3 is 15.0 Å². The fourth-order valence-corrected chi connectivity index (χ4v) is 2.07. The first-order valence-corrected chi connectivity index (χ1v) is 8.18. The summed E-state index contributed by atoms with van der Waals surface area (Å²) in [7, 11) is 2.20. The highest BCUT2D eigenvalue weighted by Crippen LogP contribution is 2.18. The van der Waals surface area contributed by atoms with Crippen LogP contribution in [-0.2, 0) is 4.79 Å². The molecule has 1 aliphatic heterocycles. The van der Waals surface area contributed by atoms with Crippen LogP contribution >= 0.6 is 0 Å². The summed E-state index contributed by atoms with van der Waals surface area (Å²) in [4.78, 5) is 11.2. The number of hydrogen-bond acceptors (Lipinski definition) is 3. The number of anilines is 1. The second-order valence-electron chi connectivity index (χ2n) is 4.16. The minimum Gasteiger partial charge on any atom is -0.372 e. The summed E-state index contributed by atoms with van der Waals surface area (Å²) < 4.78 is 0. The molecule has 1 aromatic rings. The zero-order chi connectivity index (χ0) is 16.5. The predicted octanol–water partition coefficient (Wildman–Crippen LogP) is 4.13. The van der Waals surface area contributed by atoms with Gasteiger partial charge in [0.25, 0.3) is 0 Å². The Morgan fingerprint density at radius 3 is 1.90 bits per heavy atom. The predicted molar refractivity (Wildman–Crippen MR) is 95.2 cm³/mol. The maximum Gasteiger partial charge on any atom is 0.116 e. The molecular weight excluding hydrogens is 260 g/mol. The smallest absolute Gasteiger partial charge is 0.116 e. The van der Waals surface area contributed by atoms with E-state index in [4.69, 9.17) is 4.79 Å². The molecule has 21 heavy (non-hydrogen) atoms. The molecule has 2 rings (SSSR count). The third-order valence-corrected chi connectivity index (χ3v) is 3.02. The number of hydrogen-bond donors (Lipinski definition) is 1. The number of aldehydes is 1. The van der Waals surface area contributed by atoms with E-state index in [1.165, 1.54) is 25.5 Å². The van der Waals surface area contributed by atoms with E-state index in [9.17, 15) is 0 Å². The summed E-state index contributed by atoms with van der Waals surface area (Å²) in [5, 5.41) is 3.39. The SMILES string of the molecule is CC.CC.CC=O.CN(c1ccccc1)C1CCNCC1. The summed E-state index contributed by atoms with van der Waals surface area (Å²) in [6.45, 7) is 11.8. The maximum atomic E-state index is 8.81. The van der Waals surface area contributed by atoms with Gasteiger partial charge in [0, 0.05) is 18.8 Å². The Bertz CT molecular complexity index is 308. The second kappa shape index (κ2) is 16.7. The van der Waals surface area contributed by atoms with Crippen molar-refractivity contribution in [3.63, 3.8) is 0 Å². The van der Waals surface area contributed by atoms with Crippen molar-refractivity contribution in [2.24, 2.45) is 0 Å². The van der Waals surface area contributed by atoms with Gasteiger partial charge in [0.15, 0.2) is 0 Å². The molecule has 0 spiro atoms. The number of carbonyl (C=O) groups is 1. The largest absolute Gasteiger partial charge is 0.372 e. The van der Waals surface area contributed by atoms with Crippen molar-refractivity contribution in [2.45, 2.75) is 53.5 Å². The van der Waals surface area contributed by atoms with Crippen LogP contribution in [0.25, 0.3) is 0 Å². The monoisotopic (exact) mass is 294 g/mol. The van der Waals surface area contributed by atoms with Crippen LogP contribution in [0.1, 0.15) is 47.5 Å². The first-order valence-electron chi connectivity index (χ1n) is 8.18. The molecule has 1 heterocycles. The summed E-state index contributed by atoms with van der Waals surface area (Å²) >= 11 is 0. The minimum absolute atomic E-state index is 0.707. The van der Waals surface area contributed by atoms with Crippen molar-refractivity contribution in [3.05, 3.63) is 30.3 Å². The topological polar surface area (TPSA) is 32.3 Å². The van der Waals surface area contributed by atoms with Crippen LogP contribution in [0.5, 0.6) is 0 Å². The third-order valence-electron chi connectivity index (χ3n) is 3.02. The Balaban J connectivity index is 0. The van der Waals surface area contributed by atoms with Gasteiger partial charge in [0.1, 0.15) is 6.29 Å². The van der Waals surface area contributed by atoms with Crippen molar-refractivity contribution in [3.8, 4) is 0 Å². The Hall–Kier alpha value is -1.35. The number of nitrogens with zero attached hydrogens (tertiary/aromatic N) is 1. The quantitative estimate of drug-likeness (QED) is 0.832. The van der Waals surface area contributed by atoms with E-state index in [-0.39, 0.29) is 0 Å². The number of carbonyl (C=O) groups excluding carboxylic acids is 1. The minimum atomic E-state index is 0.707. The Morgan fingerprint density at radius 1 is 1.05 bits per heavy atom. The van der Waals surface area contributed by atoms with Crippen molar-refractivity contribution < 1.29 is 4.79 Å². The van der Waals surface area contributed by atoms with Gasteiger partial charge in [-0.25, -0.2) is 0 Å². The molecule has 1 saturated heterocycles. The fraction of sp³-hybridized carbons (Fsp3) is 0.611. The van der Waals surface area contributed by atoms with Gasteiger partial charge in [-0.15, -0.1) is 0 Å². The Labute approximate surface area is 131 Å².